The molecule has 0 radical (unpaired) electrons. The zero-order valence-corrected chi connectivity index (χ0v) is 17.8. The molecule has 162 valence electrons. The highest BCUT2D eigenvalue weighted by Crippen LogP contribution is 2.37. The third-order valence-electron chi connectivity index (χ3n) is 6.35. The van der Waals surface area contributed by atoms with Gasteiger partial charge in [-0.3, -0.25) is 14.3 Å². The minimum Gasteiger partial charge on any atom is -0.463 e. The second-order valence-electron chi connectivity index (χ2n) is 8.32. The molecule has 2 aliphatic heterocycles. The lowest BCUT2D eigenvalue weighted by molar-refractivity contribution is -0.143. The van der Waals surface area contributed by atoms with Crippen LogP contribution in [0.5, 0.6) is 0 Å². The van der Waals surface area contributed by atoms with E-state index in [1.165, 1.54) is 0 Å². The Morgan fingerprint density at radius 3 is 2.87 bits per heavy atom. The minimum absolute atomic E-state index is 0.00512. The molecule has 0 aliphatic carbocycles. The number of hydrogen-bond acceptors (Lipinski definition) is 5. The first kappa shape index (κ1) is 20.7. The van der Waals surface area contributed by atoms with Crippen molar-refractivity contribution in [3.63, 3.8) is 0 Å². The molecular formula is C22H30N4O4. The summed E-state index contributed by atoms with van der Waals surface area (Å²) in [6.45, 7) is 4.79. The fourth-order valence-electron chi connectivity index (χ4n) is 4.48. The van der Waals surface area contributed by atoms with E-state index in [1.807, 2.05) is 41.5 Å². The molecule has 4 heterocycles. The van der Waals surface area contributed by atoms with Crippen LogP contribution >= 0.6 is 0 Å². The lowest BCUT2D eigenvalue weighted by Crippen LogP contribution is -2.40. The zero-order valence-electron chi connectivity index (χ0n) is 17.8. The molecule has 30 heavy (non-hydrogen) atoms. The number of aryl methyl sites for hydroxylation is 2. The summed E-state index contributed by atoms with van der Waals surface area (Å²) < 4.78 is 14.8. The Balaban J connectivity index is 1.48. The van der Waals surface area contributed by atoms with E-state index < -0.39 is 0 Å². The summed E-state index contributed by atoms with van der Waals surface area (Å²) in [5.74, 6) is -0.304. The summed E-state index contributed by atoms with van der Waals surface area (Å²) >= 11 is 0. The number of nitrogens with zero attached hydrogens (tertiary/aromatic N) is 3. The largest absolute Gasteiger partial charge is 0.463 e. The van der Waals surface area contributed by atoms with Gasteiger partial charge in [0.15, 0.2) is 0 Å². The van der Waals surface area contributed by atoms with Crippen molar-refractivity contribution < 1.29 is 19.1 Å². The summed E-state index contributed by atoms with van der Waals surface area (Å²) in [6.07, 6.45) is 5.47. The normalized spacial score (nSPS) is 18.0. The van der Waals surface area contributed by atoms with Crippen LogP contribution in [-0.4, -0.2) is 52.6 Å². The topological polar surface area (TPSA) is 87.4 Å². The summed E-state index contributed by atoms with van der Waals surface area (Å²) in [5.41, 5.74) is 3.39. The molecule has 2 aromatic heterocycles. The molecule has 1 fully saturated rings. The van der Waals surface area contributed by atoms with Crippen LogP contribution in [0.1, 0.15) is 47.2 Å². The molecule has 2 aliphatic rings. The van der Waals surface area contributed by atoms with Crippen LogP contribution in [0, 0.1) is 5.41 Å². The fraction of sp³-hybridized carbons (Fsp3) is 0.591. The van der Waals surface area contributed by atoms with Crippen LogP contribution in [0.2, 0.25) is 0 Å². The fourth-order valence-corrected chi connectivity index (χ4v) is 4.48. The van der Waals surface area contributed by atoms with Crippen molar-refractivity contribution in [3.05, 3.63) is 41.0 Å². The van der Waals surface area contributed by atoms with Gasteiger partial charge >= 0.3 is 5.97 Å². The van der Waals surface area contributed by atoms with E-state index in [1.54, 1.807) is 0 Å². The van der Waals surface area contributed by atoms with E-state index >= 15 is 0 Å². The average Bonchev–Trinajstić information content (AvgIpc) is 3.26. The molecular weight excluding hydrogens is 384 g/mol. The second kappa shape index (κ2) is 8.63. The van der Waals surface area contributed by atoms with Crippen LogP contribution in [0.25, 0.3) is 0 Å². The molecule has 0 bridgehead atoms. The molecule has 0 aromatic carbocycles. The first-order valence-electron chi connectivity index (χ1n) is 10.7. The molecule has 2 aromatic rings. The van der Waals surface area contributed by atoms with Gasteiger partial charge in [0, 0.05) is 38.7 Å². The predicted molar refractivity (Wildman–Crippen MR) is 110 cm³/mol. The molecule has 1 N–H and O–H groups in total. The van der Waals surface area contributed by atoms with E-state index in [9.17, 15) is 9.59 Å². The maximum absolute atomic E-state index is 12.8. The van der Waals surface area contributed by atoms with Gasteiger partial charge in [0.05, 0.1) is 29.9 Å². The number of esters is 1. The van der Waals surface area contributed by atoms with Crippen molar-refractivity contribution in [2.24, 2.45) is 12.5 Å². The number of amides is 1. The SMILES string of the molecule is CCc1nn(CCOC(=O)Cc2cccn2C)c2c1C(=O)NCC1(CCOCC1)C2. The van der Waals surface area contributed by atoms with Crippen molar-refractivity contribution in [1.29, 1.82) is 0 Å². The predicted octanol–water partition coefficient (Wildman–Crippen LogP) is 1.65. The quantitative estimate of drug-likeness (QED) is 0.727. The number of fused-ring (bicyclic) bond motifs is 1. The third-order valence-corrected chi connectivity index (χ3v) is 6.35. The van der Waals surface area contributed by atoms with E-state index in [-0.39, 0.29) is 30.3 Å². The van der Waals surface area contributed by atoms with Crippen molar-refractivity contribution >= 4 is 11.9 Å². The lowest BCUT2D eigenvalue weighted by atomic mass is 9.76. The molecule has 0 unspecified atom stereocenters. The van der Waals surface area contributed by atoms with Gasteiger partial charge in [-0.15, -0.1) is 0 Å². The second-order valence-corrected chi connectivity index (χ2v) is 8.32. The third kappa shape index (κ3) is 4.14. The van der Waals surface area contributed by atoms with Gasteiger partial charge in [-0.1, -0.05) is 6.92 Å². The summed E-state index contributed by atoms with van der Waals surface area (Å²) in [6, 6.07) is 3.82. The summed E-state index contributed by atoms with van der Waals surface area (Å²) in [5, 5.41) is 7.81. The highest BCUT2D eigenvalue weighted by atomic mass is 16.5. The Labute approximate surface area is 176 Å². The van der Waals surface area contributed by atoms with Crippen LogP contribution in [0.4, 0.5) is 0 Å². The van der Waals surface area contributed by atoms with Gasteiger partial charge in [-0.25, -0.2) is 0 Å². The molecule has 1 amide bonds. The van der Waals surface area contributed by atoms with Gasteiger partial charge in [-0.2, -0.15) is 5.10 Å². The molecule has 1 saturated heterocycles. The van der Waals surface area contributed by atoms with Gasteiger partial charge < -0.3 is 19.4 Å². The van der Waals surface area contributed by atoms with E-state index in [4.69, 9.17) is 14.6 Å². The standard InChI is InChI=1S/C22H30N4O4/c1-3-17-20-18(14-22(15-23-21(20)28)6-10-29-11-7-22)26(24-17)9-12-30-19(27)13-16-5-4-8-25(16)2/h4-5,8H,3,6-7,9-15H2,1-2H3,(H,23,28). The molecule has 4 rings (SSSR count). The van der Waals surface area contributed by atoms with E-state index in [0.717, 1.165) is 49.6 Å². The van der Waals surface area contributed by atoms with Crippen molar-refractivity contribution in [1.82, 2.24) is 19.7 Å². The maximum atomic E-state index is 12.8. The number of carbonyl (C=O) groups excluding carboxylic acids is 2. The molecule has 0 atom stereocenters. The Bertz CT molecular complexity index is 924. The maximum Gasteiger partial charge on any atom is 0.311 e. The number of carbonyl (C=O) groups is 2. The number of ether oxygens (including phenoxy) is 2. The van der Waals surface area contributed by atoms with Gasteiger partial charge in [0.25, 0.3) is 5.91 Å². The molecule has 0 saturated carbocycles. The van der Waals surface area contributed by atoms with E-state index in [0.29, 0.717) is 25.1 Å². The number of hydrogen-bond donors (Lipinski definition) is 1. The molecule has 1 spiro atoms. The number of rotatable bonds is 6. The first-order chi connectivity index (χ1) is 14.5. The first-order valence-corrected chi connectivity index (χ1v) is 10.7. The van der Waals surface area contributed by atoms with Gasteiger partial charge in [-0.05, 0) is 43.2 Å². The lowest BCUT2D eigenvalue weighted by Gasteiger charge is -2.36. The van der Waals surface area contributed by atoms with Gasteiger partial charge in [0.1, 0.15) is 6.61 Å². The highest BCUT2D eigenvalue weighted by Gasteiger charge is 2.39. The number of nitrogens with one attached hydrogen (secondary N) is 1. The Hall–Kier alpha value is -2.61. The average molecular weight is 415 g/mol. The Kier molecular flexibility index (Phi) is 5.94. The summed E-state index contributed by atoms with van der Waals surface area (Å²) in [4.78, 5) is 25.0. The summed E-state index contributed by atoms with van der Waals surface area (Å²) in [7, 11) is 1.91. The van der Waals surface area contributed by atoms with Crippen LogP contribution < -0.4 is 5.32 Å². The number of aromatic nitrogens is 3. The zero-order chi connectivity index (χ0) is 21.1. The minimum atomic E-state index is -0.260. The molecule has 8 heteroatoms. The van der Waals surface area contributed by atoms with Crippen LogP contribution in [0.15, 0.2) is 18.3 Å². The highest BCUT2D eigenvalue weighted by molar-refractivity contribution is 5.97. The monoisotopic (exact) mass is 414 g/mol. The van der Waals surface area contributed by atoms with Crippen molar-refractivity contribution in [3.8, 4) is 0 Å². The van der Waals surface area contributed by atoms with Crippen LogP contribution in [-0.2, 0) is 47.1 Å². The van der Waals surface area contributed by atoms with Crippen molar-refractivity contribution in [2.45, 2.75) is 45.6 Å². The smallest absolute Gasteiger partial charge is 0.311 e. The molecule has 8 nitrogen and oxygen atoms in total. The van der Waals surface area contributed by atoms with E-state index in [2.05, 4.69) is 5.32 Å². The van der Waals surface area contributed by atoms with Crippen molar-refractivity contribution in [2.75, 3.05) is 26.4 Å². The Morgan fingerprint density at radius 1 is 1.37 bits per heavy atom. The van der Waals surface area contributed by atoms with Crippen LogP contribution in [0.3, 0.4) is 0 Å². The van der Waals surface area contributed by atoms with Gasteiger partial charge in [0.2, 0.25) is 0 Å². The Morgan fingerprint density at radius 2 is 2.17 bits per heavy atom.